The summed E-state index contributed by atoms with van der Waals surface area (Å²) in [6, 6.07) is 11.3. The molecule has 0 saturated heterocycles. The van der Waals surface area contributed by atoms with Crippen molar-refractivity contribution in [3.8, 4) is 45.2 Å². The Bertz CT molecular complexity index is 1660. The lowest BCUT2D eigenvalue weighted by Gasteiger charge is -2.13. The largest absolute Gasteiger partial charge is 0.206 e. The summed E-state index contributed by atoms with van der Waals surface area (Å²) in [7, 11) is 0. The molecule has 0 bridgehead atoms. The molecular formula is C34H28F2N4S2. The zero-order valence-electron chi connectivity index (χ0n) is 23.6. The van der Waals surface area contributed by atoms with Gasteiger partial charge >= 0.3 is 0 Å². The van der Waals surface area contributed by atoms with E-state index >= 15 is 8.78 Å². The summed E-state index contributed by atoms with van der Waals surface area (Å²) in [5, 5.41) is 39.4. The van der Waals surface area contributed by atoms with E-state index in [1.54, 1.807) is 0 Å². The average molecular weight is 595 g/mol. The molecule has 210 valence electrons. The normalized spacial score (nSPS) is 12.1. The van der Waals surface area contributed by atoms with Crippen molar-refractivity contribution >= 4 is 33.8 Å². The van der Waals surface area contributed by atoms with Gasteiger partial charge in [-0.2, -0.15) is 21.0 Å². The first-order valence-electron chi connectivity index (χ1n) is 14.4. The van der Waals surface area contributed by atoms with Crippen LogP contribution in [0.2, 0.25) is 0 Å². The maximum absolute atomic E-state index is 16.9. The Morgan fingerprint density at radius 2 is 0.976 bits per heavy atom. The summed E-state index contributed by atoms with van der Waals surface area (Å²) in [5.41, 5.74) is 0.549. The lowest BCUT2D eigenvalue weighted by Crippen LogP contribution is -2.01. The molecule has 3 aromatic rings. The lowest BCUT2D eigenvalue weighted by molar-refractivity contribution is 0.603. The molecule has 42 heavy (non-hydrogen) atoms. The van der Waals surface area contributed by atoms with Crippen LogP contribution in [0.5, 0.6) is 0 Å². The molecule has 0 radical (unpaired) electrons. The number of unbranched alkanes of at least 4 members (excludes halogenated alkanes) is 6. The number of aryl methyl sites for hydroxylation is 2. The molecular weight excluding hydrogens is 567 g/mol. The molecule has 4 nitrogen and oxygen atoms in total. The summed E-state index contributed by atoms with van der Waals surface area (Å²) in [4.78, 5) is 2.92. The Labute approximate surface area is 253 Å². The van der Waals surface area contributed by atoms with Crippen molar-refractivity contribution in [2.24, 2.45) is 0 Å². The minimum atomic E-state index is -0.724. The maximum Gasteiger partial charge on any atom is 0.141 e. The third-order valence-corrected chi connectivity index (χ3v) is 10.4. The van der Waals surface area contributed by atoms with Gasteiger partial charge in [-0.1, -0.05) is 52.4 Å². The Morgan fingerprint density at radius 1 is 0.595 bits per heavy atom. The van der Waals surface area contributed by atoms with Crippen LogP contribution in [-0.2, 0) is 12.8 Å². The summed E-state index contributed by atoms with van der Waals surface area (Å²) >= 11 is 2.71. The maximum atomic E-state index is 16.9. The molecule has 5 rings (SSSR count). The Balaban J connectivity index is 1.75. The number of rotatable bonds is 10. The third-order valence-electron chi connectivity index (χ3n) is 7.94. The highest BCUT2D eigenvalue weighted by molar-refractivity contribution is 7.16. The summed E-state index contributed by atoms with van der Waals surface area (Å²) in [6.07, 6.45) is 9.95. The summed E-state index contributed by atoms with van der Waals surface area (Å²) in [5.74, 6) is -1.45. The SMILES string of the molecule is CCCCCCc1cc2c(s1)-c1c(F)c3c(c(F)c1C2=C(C#N)C#N)-c1sc(CCCCCC)cc1C3=C(C#N)C#N. The van der Waals surface area contributed by atoms with Gasteiger partial charge in [-0.3, -0.25) is 0 Å². The fourth-order valence-corrected chi connectivity index (χ4v) is 8.47. The second-order valence-corrected chi connectivity index (χ2v) is 12.9. The van der Waals surface area contributed by atoms with E-state index in [2.05, 4.69) is 13.8 Å². The topological polar surface area (TPSA) is 95.2 Å². The number of thiophene rings is 2. The van der Waals surface area contributed by atoms with Crippen LogP contribution in [0.25, 0.3) is 32.0 Å². The predicted molar refractivity (Wildman–Crippen MR) is 163 cm³/mol. The van der Waals surface area contributed by atoms with Crippen molar-refractivity contribution in [2.45, 2.75) is 78.1 Å². The fraction of sp³-hybridized carbons (Fsp3) is 0.353. The zero-order valence-corrected chi connectivity index (χ0v) is 25.2. The first-order valence-corrected chi connectivity index (χ1v) is 16.0. The van der Waals surface area contributed by atoms with Gasteiger partial charge in [0.05, 0.1) is 0 Å². The van der Waals surface area contributed by atoms with E-state index in [-0.39, 0.29) is 44.5 Å². The standard InChI is InChI=1S/C34H28F2N4S2/c1-3-5-7-9-11-21-13-23-25(19(15-37)16-38)27-29(33(23)41-21)31(35)28-26(20(17-39)18-40)24-14-22(12-10-8-6-4-2)42-34(24)30(28)32(27)36/h13-14H,3-12H2,1-2H3. The van der Waals surface area contributed by atoms with Crippen LogP contribution in [0.15, 0.2) is 23.3 Å². The van der Waals surface area contributed by atoms with Crippen molar-refractivity contribution in [2.75, 3.05) is 0 Å². The highest BCUT2D eigenvalue weighted by Crippen LogP contribution is 2.59. The number of hydrogen-bond donors (Lipinski definition) is 0. The zero-order chi connectivity index (χ0) is 30.0. The molecule has 0 saturated carbocycles. The van der Waals surface area contributed by atoms with E-state index in [4.69, 9.17) is 0 Å². The molecule has 8 heteroatoms. The van der Waals surface area contributed by atoms with Gasteiger partial charge in [0, 0.05) is 64.0 Å². The molecule has 2 aliphatic carbocycles. The number of fused-ring (bicyclic) bond motifs is 6. The minimum Gasteiger partial charge on any atom is -0.206 e. The van der Waals surface area contributed by atoms with Gasteiger partial charge in [0.25, 0.3) is 0 Å². The van der Waals surface area contributed by atoms with Crippen LogP contribution >= 0.6 is 22.7 Å². The van der Waals surface area contributed by atoms with E-state index in [1.165, 1.54) is 22.7 Å². The Morgan fingerprint density at radius 3 is 1.31 bits per heavy atom. The molecule has 0 aliphatic heterocycles. The first-order chi connectivity index (χ1) is 20.4. The molecule has 2 aromatic heterocycles. The smallest absolute Gasteiger partial charge is 0.141 e. The Hall–Kier alpha value is -4.08. The molecule has 1 aromatic carbocycles. The predicted octanol–water partition coefficient (Wildman–Crippen LogP) is 9.99. The fourth-order valence-electron chi connectivity index (χ4n) is 5.97. The highest BCUT2D eigenvalue weighted by atomic mass is 32.1. The van der Waals surface area contributed by atoms with E-state index < -0.39 is 11.6 Å². The number of nitriles is 4. The van der Waals surface area contributed by atoms with Gasteiger partial charge in [0.2, 0.25) is 0 Å². The summed E-state index contributed by atoms with van der Waals surface area (Å²) in [6.45, 7) is 4.27. The Kier molecular flexibility index (Phi) is 8.70. The van der Waals surface area contributed by atoms with Crippen molar-refractivity contribution in [3.63, 3.8) is 0 Å². The monoisotopic (exact) mass is 594 g/mol. The van der Waals surface area contributed by atoms with Crippen LogP contribution in [0, 0.1) is 57.0 Å². The number of halogens is 2. The minimum absolute atomic E-state index is 0.00623. The van der Waals surface area contributed by atoms with E-state index in [0.29, 0.717) is 20.9 Å². The molecule has 0 N–H and O–H groups in total. The van der Waals surface area contributed by atoms with Crippen molar-refractivity contribution in [1.29, 1.82) is 21.0 Å². The number of hydrogen-bond acceptors (Lipinski definition) is 6. The van der Waals surface area contributed by atoms with E-state index in [1.807, 2.05) is 36.4 Å². The van der Waals surface area contributed by atoms with Crippen LogP contribution in [0.4, 0.5) is 8.78 Å². The highest BCUT2D eigenvalue weighted by Gasteiger charge is 2.43. The van der Waals surface area contributed by atoms with Gasteiger partial charge in [-0.05, 0) is 37.8 Å². The molecule has 2 aliphatic rings. The lowest BCUT2D eigenvalue weighted by atomic mass is 9.92. The second-order valence-electron chi connectivity index (χ2n) is 10.6. The van der Waals surface area contributed by atoms with Crippen LogP contribution in [0.3, 0.4) is 0 Å². The third kappa shape index (κ3) is 4.76. The van der Waals surface area contributed by atoms with Crippen molar-refractivity contribution < 1.29 is 8.78 Å². The van der Waals surface area contributed by atoms with Crippen LogP contribution < -0.4 is 0 Å². The molecule has 0 unspecified atom stereocenters. The molecule has 0 fully saturated rings. The first kappa shape index (κ1) is 29.4. The molecule has 2 heterocycles. The van der Waals surface area contributed by atoms with Crippen molar-refractivity contribution in [1.82, 2.24) is 0 Å². The van der Waals surface area contributed by atoms with Crippen LogP contribution in [0.1, 0.15) is 97.2 Å². The van der Waals surface area contributed by atoms with Gasteiger partial charge < -0.3 is 0 Å². The molecule has 0 spiro atoms. The van der Waals surface area contributed by atoms with Gasteiger partial charge in [0.15, 0.2) is 0 Å². The van der Waals surface area contributed by atoms with Gasteiger partial charge in [-0.25, -0.2) is 8.78 Å². The number of allylic oxidation sites excluding steroid dienone is 2. The molecule has 0 atom stereocenters. The average Bonchev–Trinajstić information content (AvgIpc) is 3.73. The van der Waals surface area contributed by atoms with E-state index in [9.17, 15) is 21.0 Å². The summed E-state index contributed by atoms with van der Waals surface area (Å²) < 4.78 is 33.7. The van der Waals surface area contributed by atoms with Crippen LogP contribution in [-0.4, -0.2) is 0 Å². The van der Waals surface area contributed by atoms with E-state index in [0.717, 1.165) is 74.0 Å². The van der Waals surface area contributed by atoms with Crippen molar-refractivity contribution in [3.05, 3.63) is 66.9 Å². The molecule has 0 amide bonds. The van der Waals surface area contributed by atoms with Gasteiger partial charge in [0.1, 0.15) is 47.1 Å². The van der Waals surface area contributed by atoms with Gasteiger partial charge in [-0.15, -0.1) is 22.7 Å². The quantitative estimate of drug-likeness (QED) is 0.119. The number of nitrogens with zero attached hydrogens (tertiary/aromatic N) is 4. The number of benzene rings is 1. The second kappa shape index (κ2) is 12.4.